The first-order valence-corrected chi connectivity index (χ1v) is 6.58. The van der Waals surface area contributed by atoms with Crippen LogP contribution < -0.4 is 0 Å². The van der Waals surface area contributed by atoms with Crippen LogP contribution in [0.2, 0.25) is 0 Å². The first kappa shape index (κ1) is 11.5. The van der Waals surface area contributed by atoms with Crippen LogP contribution in [0.4, 0.5) is 0 Å². The highest BCUT2D eigenvalue weighted by molar-refractivity contribution is 7.99. The van der Waals surface area contributed by atoms with Crippen LogP contribution in [0.25, 0.3) is 0 Å². The summed E-state index contributed by atoms with van der Waals surface area (Å²) in [5, 5.41) is 9.00. The summed E-state index contributed by atoms with van der Waals surface area (Å²) in [4.78, 5) is 14.8. The maximum atomic E-state index is 10.4. The fourth-order valence-corrected chi connectivity index (χ4v) is 3.04. The summed E-state index contributed by atoms with van der Waals surface area (Å²) in [7, 11) is 0. The SMILES string of the molecule is O=C(O)CCc1nc(C2CCCCS2)co1. The van der Waals surface area contributed by atoms with E-state index in [1.165, 1.54) is 18.6 Å². The zero-order valence-electron chi connectivity index (χ0n) is 9.02. The molecule has 0 radical (unpaired) electrons. The second kappa shape index (κ2) is 5.39. The quantitative estimate of drug-likeness (QED) is 0.878. The van der Waals surface area contributed by atoms with E-state index in [2.05, 4.69) is 4.98 Å². The van der Waals surface area contributed by atoms with Crippen LogP contribution in [0.5, 0.6) is 0 Å². The molecule has 1 N–H and O–H groups in total. The lowest BCUT2D eigenvalue weighted by molar-refractivity contribution is -0.137. The van der Waals surface area contributed by atoms with E-state index in [9.17, 15) is 4.79 Å². The van der Waals surface area contributed by atoms with Gasteiger partial charge < -0.3 is 9.52 Å². The van der Waals surface area contributed by atoms with Crippen LogP contribution in [0.3, 0.4) is 0 Å². The second-order valence-electron chi connectivity index (χ2n) is 3.92. The van der Waals surface area contributed by atoms with Gasteiger partial charge in [0.25, 0.3) is 0 Å². The van der Waals surface area contributed by atoms with Gasteiger partial charge in [0.2, 0.25) is 0 Å². The molecule has 0 spiro atoms. The van der Waals surface area contributed by atoms with Crippen LogP contribution >= 0.6 is 11.8 Å². The van der Waals surface area contributed by atoms with Crippen LogP contribution in [0.1, 0.15) is 42.5 Å². The summed E-state index contributed by atoms with van der Waals surface area (Å²) in [5.41, 5.74) is 0.977. The number of hydrogen-bond acceptors (Lipinski definition) is 4. The first-order chi connectivity index (χ1) is 7.75. The molecular formula is C11H15NO3S. The number of carboxylic acid groups (broad SMARTS) is 1. The molecule has 1 aliphatic rings. The zero-order chi connectivity index (χ0) is 11.4. The Balaban J connectivity index is 1.93. The van der Waals surface area contributed by atoms with Gasteiger partial charge in [0.05, 0.1) is 17.4 Å². The number of carbonyl (C=O) groups is 1. The molecule has 5 heteroatoms. The predicted molar refractivity (Wildman–Crippen MR) is 61.5 cm³/mol. The average Bonchev–Trinajstić information content (AvgIpc) is 2.76. The van der Waals surface area contributed by atoms with E-state index in [1.807, 2.05) is 11.8 Å². The van der Waals surface area contributed by atoms with Gasteiger partial charge in [-0.3, -0.25) is 4.79 Å². The zero-order valence-corrected chi connectivity index (χ0v) is 9.83. The number of aryl methyl sites for hydroxylation is 1. The lowest BCUT2D eigenvalue weighted by Crippen LogP contribution is -2.03. The summed E-state index contributed by atoms with van der Waals surface area (Å²) < 4.78 is 5.28. The second-order valence-corrected chi connectivity index (χ2v) is 5.23. The van der Waals surface area contributed by atoms with Gasteiger partial charge in [-0.05, 0) is 18.6 Å². The van der Waals surface area contributed by atoms with E-state index in [0.717, 1.165) is 12.1 Å². The van der Waals surface area contributed by atoms with Crippen molar-refractivity contribution in [2.45, 2.75) is 37.4 Å². The number of hydrogen-bond donors (Lipinski definition) is 1. The molecule has 1 saturated heterocycles. The molecule has 0 saturated carbocycles. The predicted octanol–water partition coefficient (Wildman–Crippen LogP) is 2.65. The summed E-state index contributed by atoms with van der Waals surface area (Å²) >= 11 is 1.92. The van der Waals surface area contributed by atoms with Crippen LogP contribution in [0, 0.1) is 0 Å². The molecule has 1 aromatic rings. The fraction of sp³-hybridized carbons (Fsp3) is 0.636. The van der Waals surface area contributed by atoms with Gasteiger partial charge >= 0.3 is 5.97 Å². The van der Waals surface area contributed by atoms with E-state index >= 15 is 0 Å². The van der Waals surface area contributed by atoms with E-state index in [4.69, 9.17) is 9.52 Å². The molecule has 1 atom stereocenters. The third-order valence-electron chi connectivity index (χ3n) is 2.63. The summed E-state index contributed by atoms with van der Waals surface area (Å²) in [6.07, 6.45) is 5.82. The summed E-state index contributed by atoms with van der Waals surface area (Å²) in [6, 6.07) is 0. The largest absolute Gasteiger partial charge is 0.481 e. The number of carboxylic acids is 1. The van der Waals surface area contributed by atoms with Crippen molar-refractivity contribution >= 4 is 17.7 Å². The maximum Gasteiger partial charge on any atom is 0.303 e. The normalized spacial score (nSPS) is 20.9. The summed E-state index contributed by atoms with van der Waals surface area (Å²) in [6.45, 7) is 0. The third kappa shape index (κ3) is 3.01. The standard InChI is InChI=1S/C11H15NO3S/c13-11(14)5-4-10-12-8(7-15-10)9-3-1-2-6-16-9/h7,9H,1-6H2,(H,13,14). The van der Waals surface area contributed by atoms with E-state index in [0.29, 0.717) is 17.6 Å². The van der Waals surface area contributed by atoms with Crippen molar-refractivity contribution in [3.8, 4) is 0 Å². The molecule has 1 fully saturated rings. The fourth-order valence-electron chi connectivity index (χ4n) is 1.78. The van der Waals surface area contributed by atoms with Crippen molar-refractivity contribution in [3.05, 3.63) is 17.8 Å². The summed E-state index contributed by atoms with van der Waals surface area (Å²) in [5.74, 6) is 0.914. The maximum absolute atomic E-state index is 10.4. The van der Waals surface area contributed by atoms with Gasteiger partial charge in [0.15, 0.2) is 5.89 Å². The van der Waals surface area contributed by atoms with Crippen molar-refractivity contribution in [2.24, 2.45) is 0 Å². The van der Waals surface area contributed by atoms with Crippen LogP contribution in [-0.4, -0.2) is 21.8 Å². The molecule has 1 aromatic heterocycles. The molecule has 0 aromatic carbocycles. The van der Waals surface area contributed by atoms with Gasteiger partial charge in [-0.15, -0.1) is 0 Å². The minimum atomic E-state index is -0.813. The minimum Gasteiger partial charge on any atom is -0.481 e. The molecule has 88 valence electrons. The van der Waals surface area contributed by atoms with Crippen LogP contribution in [-0.2, 0) is 11.2 Å². The first-order valence-electron chi connectivity index (χ1n) is 5.53. The van der Waals surface area contributed by atoms with Crippen molar-refractivity contribution in [3.63, 3.8) is 0 Å². The van der Waals surface area contributed by atoms with Crippen LogP contribution in [0.15, 0.2) is 10.7 Å². The minimum absolute atomic E-state index is 0.0811. The molecule has 2 heterocycles. The molecular weight excluding hydrogens is 226 g/mol. The Morgan fingerprint density at radius 3 is 3.19 bits per heavy atom. The number of nitrogens with zero attached hydrogens (tertiary/aromatic N) is 1. The van der Waals surface area contributed by atoms with Crippen molar-refractivity contribution in [2.75, 3.05) is 5.75 Å². The molecule has 1 unspecified atom stereocenters. The Morgan fingerprint density at radius 2 is 2.50 bits per heavy atom. The molecule has 0 aliphatic carbocycles. The van der Waals surface area contributed by atoms with Gasteiger partial charge in [0, 0.05) is 6.42 Å². The lowest BCUT2D eigenvalue weighted by atomic mass is 10.1. The Kier molecular flexibility index (Phi) is 3.88. The van der Waals surface area contributed by atoms with E-state index in [1.54, 1.807) is 6.26 Å². The van der Waals surface area contributed by atoms with Gasteiger partial charge in [-0.25, -0.2) is 4.98 Å². The Labute approximate surface area is 98.4 Å². The molecule has 0 bridgehead atoms. The topological polar surface area (TPSA) is 63.3 Å². The molecule has 4 nitrogen and oxygen atoms in total. The number of aliphatic carboxylic acids is 1. The highest BCUT2D eigenvalue weighted by Crippen LogP contribution is 2.37. The molecule has 0 amide bonds. The highest BCUT2D eigenvalue weighted by atomic mass is 32.2. The molecule has 1 aliphatic heterocycles. The number of oxazole rings is 1. The Bertz CT molecular complexity index is 358. The number of thioether (sulfide) groups is 1. The Hall–Kier alpha value is -0.970. The molecule has 16 heavy (non-hydrogen) atoms. The van der Waals surface area contributed by atoms with Gasteiger partial charge in [0.1, 0.15) is 6.26 Å². The number of aromatic nitrogens is 1. The van der Waals surface area contributed by atoms with Gasteiger partial charge in [-0.2, -0.15) is 11.8 Å². The van der Waals surface area contributed by atoms with E-state index < -0.39 is 5.97 Å². The van der Waals surface area contributed by atoms with Gasteiger partial charge in [-0.1, -0.05) is 6.42 Å². The molecule has 2 rings (SSSR count). The van der Waals surface area contributed by atoms with Crippen molar-refractivity contribution < 1.29 is 14.3 Å². The smallest absolute Gasteiger partial charge is 0.303 e. The van der Waals surface area contributed by atoms with E-state index in [-0.39, 0.29) is 6.42 Å². The number of rotatable bonds is 4. The Morgan fingerprint density at radius 1 is 1.62 bits per heavy atom. The average molecular weight is 241 g/mol. The third-order valence-corrected chi connectivity index (χ3v) is 4.04. The monoisotopic (exact) mass is 241 g/mol. The lowest BCUT2D eigenvalue weighted by Gasteiger charge is -2.18. The van der Waals surface area contributed by atoms with Crippen molar-refractivity contribution in [1.29, 1.82) is 0 Å². The van der Waals surface area contributed by atoms with Crippen molar-refractivity contribution in [1.82, 2.24) is 4.98 Å². The highest BCUT2D eigenvalue weighted by Gasteiger charge is 2.19.